The van der Waals surface area contributed by atoms with Gasteiger partial charge in [0.25, 0.3) is 0 Å². The number of halogens is 2. The number of pyridine rings is 1. The lowest BCUT2D eigenvalue weighted by atomic mass is 10.1. The summed E-state index contributed by atoms with van der Waals surface area (Å²) in [6.45, 7) is 0. The molecule has 0 aliphatic rings. The van der Waals surface area contributed by atoms with E-state index in [1.54, 1.807) is 0 Å². The monoisotopic (exact) mass is 349 g/mol. The van der Waals surface area contributed by atoms with Crippen molar-refractivity contribution in [2.45, 2.75) is 0 Å². The summed E-state index contributed by atoms with van der Waals surface area (Å²) >= 11 is 7.75. The molecule has 0 spiro atoms. The first-order valence-corrected chi connectivity index (χ1v) is 5.67. The highest BCUT2D eigenvalue weighted by Crippen LogP contribution is 2.29. The van der Waals surface area contributed by atoms with Crippen LogP contribution in [0.25, 0.3) is 10.9 Å². The highest BCUT2D eigenvalue weighted by molar-refractivity contribution is 14.1. The maximum Gasteiger partial charge on any atom is 0.337 e. The van der Waals surface area contributed by atoms with Crippen LogP contribution in [0.5, 0.6) is 5.75 Å². The molecule has 2 aromatic rings. The summed E-state index contributed by atoms with van der Waals surface area (Å²) in [6, 6.07) is 4.21. The molecule has 16 heavy (non-hydrogen) atoms. The second-order valence-corrected chi connectivity index (χ2v) is 4.63. The number of aromatic hydroxyl groups is 1. The van der Waals surface area contributed by atoms with Crippen LogP contribution in [-0.2, 0) is 0 Å². The summed E-state index contributed by atoms with van der Waals surface area (Å²) in [5.41, 5.74) is 0.423. The zero-order valence-corrected chi connectivity index (χ0v) is 10.7. The van der Waals surface area contributed by atoms with Crippen molar-refractivity contribution in [3.8, 4) is 5.75 Å². The summed E-state index contributed by atoms with van der Waals surface area (Å²) in [6.07, 6.45) is 0. The molecule has 0 bridgehead atoms. The van der Waals surface area contributed by atoms with Crippen LogP contribution in [0.15, 0.2) is 18.2 Å². The fourth-order valence-corrected chi connectivity index (χ4v) is 2.16. The fourth-order valence-electron chi connectivity index (χ4n) is 1.36. The largest absolute Gasteiger partial charge is 0.507 e. The quantitative estimate of drug-likeness (QED) is 0.613. The van der Waals surface area contributed by atoms with Gasteiger partial charge in [0, 0.05) is 11.5 Å². The molecule has 0 aliphatic carbocycles. The number of hydrogen-bond donors (Lipinski definition) is 2. The van der Waals surface area contributed by atoms with E-state index < -0.39 is 5.97 Å². The van der Waals surface area contributed by atoms with Crippen LogP contribution in [0, 0.1) is 3.70 Å². The Morgan fingerprint density at radius 1 is 1.38 bits per heavy atom. The third-order valence-corrected chi connectivity index (χ3v) is 2.94. The van der Waals surface area contributed by atoms with Crippen molar-refractivity contribution in [2.75, 3.05) is 0 Å². The zero-order chi connectivity index (χ0) is 11.9. The molecule has 1 aromatic heterocycles. The molecule has 2 N–H and O–H groups in total. The van der Waals surface area contributed by atoms with Gasteiger partial charge in [-0.1, -0.05) is 11.6 Å². The number of aromatic nitrogens is 1. The van der Waals surface area contributed by atoms with Crippen LogP contribution in [-0.4, -0.2) is 21.2 Å². The molecule has 0 unspecified atom stereocenters. The van der Waals surface area contributed by atoms with Crippen LogP contribution < -0.4 is 0 Å². The van der Waals surface area contributed by atoms with Crippen LogP contribution in [0.4, 0.5) is 0 Å². The van der Waals surface area contributed by atoms with E-state index in [0.717, 1.165) is 0 Å². The molecule has 1 heterocycles. The van der Waals surface area contributed by atoms with Gasteiger partial charge in [0.15, 0.2) is 0 Å². The van der Waals surface area contributed by atoms with E-state index in [0.29, 0.717) is 14.6 Å². The molecular formula is C10H5ClINO3. The van der Waals surface area contributed by atoms with E-state index in [2.05, 4.69) is 4.98 Å². The molecular weight excluding hydrogens is 344 g/mol. The van der Waals surface area contributed by atoms with Crippen LogP contribution in [0.3, 0.4) is 0 Å². The first kappa shape index (κ1) is 11.4. The van der Waals surface area contributed by atoms with Crippen molar-refractivity contribution in [2.24, 2.45) is 0 Å². The third kappa shape index (κ3) is 1.92. The second-order valence-electron chi connectivity index (χ2n) is 3.12. The van der Waals surface area contributed by atoms with Crippen molar-refractivity contribution in [1.82, 2.24) is 4.98 Å². The number of benzene rings is 1. The molecule has 4 nitrogen and oxygen atoms in total. The zero-order valence-electron chi connectivity index (χ0n) is 7.74. The first-order valence-electron chi connectivity index (χ1n) is 4.21. The minimum Gasteiger partial charge on any atom is -0.507 e. The van der Waals surface area contributed by atoms with Crippen molar-refractivity contribution in [3.05, 3.63) is 32.5 Å². The summed E-state index contributed by atoms with van der Waals surface area (Å²) in [7, 11) is 0. The Bertz CT molecular complexity index is 600. The Labute approximate surface area is 109 Å². The Morgan fingerprint density at radius 3 is 2.69 bits per heavy atom. The Balaban J connectivity index is 2.84. The molecule has 0 amide bonds. The minimum absolute atomic E-state index is 0.00596. The number of carboxylic acids is 1. The van der Waals surface area contributed by atoms with Gasteiger partial charge in [-0.2, -0.15) is 0 Å². The average molecular weight is 350 g/mol. The van der Waals surface area contributed by atoms with Gasteiger partial charge in [0.1, 0.15) is 9.45 Å². The third-order valence-electron chi connectivity index (χ3n) is 2.07. The molecule has 0 saturated carbocycles. The van der Waals surface area contributed by atoms with E-state index >= 15 is 0 Å². The SMILES string of the molecule is O=C(O)c1cc2c(O)cc(I)nc2cc1Cl. The Kier molecular flexibility index (Phi) is 2.90. The maximum absolute atomic E-state index is 10.9. The molecule has 0 radical (unpaired) electrons. The number of hydrogen-bond acceptors (Lipinski definition) is 3. The van der Waals surface area contributed by atoms with E-state index in [1.165, 1.54) is 18.2 Å². The van der Waals surface area contributed by atoms with Crippen molar-refractivity contribution in [3.63, 3.8) is 0 Å². The number of fused-ring (bicyclic) bond motifs is 1. The van der Waals surface area contributed by atoms with Gasteiger partial charge in [-0.25, -0.2) is 9.78 Å². The van der Waals surface area contributed by atoms with Crippen LogP contribution >= 0.6 is 34.2 Å². The van der Waals surface area contributed by atoms with Crippen molar-refractivity contribution < 1.29 is 15.0 Å². The fraction of sp³-hybridized carbons (Fsp3) is 0. The van der Waals surface area contributed by atoms with Gasteiger partial charge < -0.3 is 10.2 Å². The Morgan fingerprint density at radius 2 is 2.06 bits per heavy atom. The normalized spacial score (nSPS) is 10.6. The predicted molar refractivity (Wildman–Crippen MR) is 68.1 cm³/mol. The molecule has 0 fully saturated rings. The predicted octanol–water partition coefficient (Wildman–Crippen LogP) is 2.90. The summed E-state index contributed by atoms with van der Waals surface area (Å²) < 4.78 is 0.613. The molecule has 0 atom stereocenters. The smallest absolute Gasteiger partial charge is 0.337 e. The topological polar surface area (TPSA) is 70.4 Å². The minimum atomic E-state index is -1.13. The number of nitrogens with zero attached hydrogens (tertiary/aromatic N) is 1. The number of rotatable bonds is 1. The maximum atomic E-state index is 10.9. The van der Waals surface area contributed by atoms with Crippen LogP contribution in [0.1, 0.15) is 10.4 Å². The summed E-state index contributed by atoms with van der Waals surface area (Å²) in [5.74, 6) is -1.14. The number of carbonyl (C=O) groups is 1. The van der Waals surface area contributed by atoms with E-state index in [9.17, 15) is 9.90 Å². The standard InChI is InChI=1S/C10H5ClINO3/c11-6-2-7-5(1-4(6)10(15)16)8(14)3-9(12)13-7/h1-3H,(H,13,14)(H,15,16). The lowest BCUT2D eigenvalue weighted by molar-refractivity contribution is 0.0697. The van der Waals surface area contributed by atoms with Gasteiger partial charge in [-0.05, 0) is 34.7 Å². The van der Waals surface area contributed by atoms with Gasteiger partial charge in [-0.3, -0.25) is 0 Å². The van der Waals surface area contributed by atoms with Gasteiger partial charge >= 0.3 is 5.97 Å². The van der Waals surface area contributed by atoms with Crippen LogP contribution in [0.2, 0.25) is 5.02 Å². The lowest BCUT2D eigenvalue weighted by Gasteiger charge is -2.04. The first-order chi connectivity index (χ1) is 7.49. The number of carboxylic acid groups (broad SMARTS) is 1. The van der Waals surface area contributed by atoms with E-state index in [4.69, 9.17) is 16.7 Å². The summed E-state index contributed by atoms with van der Waals surface area (Å²) in [5, 5.41) is 19.0. The van der Waals surface area contributed by atoms with Gasteiger partial charge in [0.2, 0.25) is 0 Å². The molecule has 1 aromatic carbocycles. The summed E-state index contributed by atoms with van der Waals surface area (Å²) in [4.78, 5) is 15.0. The second kappa shape index (κ2) is 4.06. The van der Waals surface area contributed by atoms with E-state index in [1.807, 2.05) is 22.6 Å². The molecule has 6 heteroatoms. The van der Waals surface area contributed by atoms with Crippen molar-refractivity contribution in [1.29, 1.82) is 0 Å². The lowest BCUT2D eigenvalue weighted by Crippen LogP contribution is -1.98. The van der Waals surface area contributed by atoms with Gasteiger partial charge in [0.05, 0.1) is 16.1 Å². The molecule has 0 saturated heterocycles. The highest BCUT2D eigenvalue weighted by atomic mass is 127. The van der Waals surface area contributed by atoms with Crippen molar-refractivity contribution >= 4 is 51.1 Å². The molecule has 82 valence electrons. The number of aromatic carboxylic acids is 1. The van der Waals surface area contributed by atoms with Gasteiger partial charge in [-0.15, -0.1) is 0 Å². The highest BCUT2D eigenvalue weighted by Gasteiger charge is 2.13. The average Bonchev–Trinajstić information content (AvgIpc) is 2.15. The molecule has 0 aliphatic heterocycles. The Hall–Kier alpha value is -1.08. The molecule has 2 rings (SSSR count). The van der Waals surface area contributed by atoms with E-state index in [-0.39, 0.29) is 16.3 Å².